The van der Waals surface area contributed by atoms with Gasteiger partial charge in [-0.05, 0) is 35.4 Å². The highest BCUT2D eigenvalue weighted by atomic mass is 14.3. The highest BCUT2D eigenvalue weighted by Crippen LogP contribution is 2.34. The Morgan fingerprint density at radius 1 is 0.650 bits per heavy atom. The van der Waals surface area contributed by atoms with Crippen molar-refractivity contribution in [2.24, 2.45) is 0 Å². The van der Waals surface area contributed by atoms with E-state index < -0.39 is 0 Å². The van der Waals surface area contributed by atoms with Crippen LogP contribution in [0.15, 0.2) is 42.5 Å². The maximum absolute atomic E-state index is 9.34. The van der Waals surface area contributed by atoms with Crippen LogP contribution in [-0.4, -0.2) is 0 Å². The van der Waals surface area contributed by atoms with Crippen molar-refractivity contribution < 1.29 is 0 Å². The van der Waals surface area contributed by atoms with Crippen LogP contribution in [-0.2, 0) is 0 Å². The highest BCUT2D eigenvalue weighted by molar-refractivity contribution is 5.82. The van der Waals surface area contributed by atoms with Gasteiger partial charge in [-0.2, -0.15) is 15.8 Å². The van der Waals surface area contributed by atoms with Crippen LogP contribution in [0.1, 0.15) is 16.7 Å². The predicted octanol–water partition coefficient (Wildman–Crippen LogP) is 3.51. The summed E-state index contributed by atoms with van der Waals surface area (Å²) < 4.78 is 0. The minimum absolute atomic E-state index is 0.502. The minimum atomic E-state index is 0.502. The molecule has 3 nitrogen and oxygen atoms in total. The van der Waals surface area contributed by atoms with Gasteiger partial charge in [-0.1, -0.05) is 18.2 Å². The first kappa shape index (κ1) is 11.7. The molecule has 0 amide bonds. The highest BCUT2D eigenvalue weighted by Gasteiger charge is 2.14. The fourth-order valence-electron chi connectivity index (χ4n) is 2.40. The summed E-state index contributed by atoms with van der Waals surface area (Å²) in [7, 11) is 0. The van der Waals surface area contributed by atoms with E-state index >= 15 is 0 Å². The molecule has 3 rings (SSSR count). The first-order chi connectivity index (χ1) is 9.76. The molecule has 0 fully saturated rings. The molecule has 3 aliphatic carbocycles. The number of nitrogens with zero attached hydrogens (tertiary/aromatic N) is 3. The second kappa shape index (κ2) is 4.39. The van der Waals surface area contributed by atoms with Crippen LogP contribution in [0.25, 0.3) is 22.3 Å². The molecule has 0 radical (unpaired) electrons. The molecule has 0 saturated heterocycles. The normalized spacial score (nSPS) is 9.85. The molecule has 0 aliphatic heterocycles. The molecule has 90 valence electrons. The van der Waals surface area contributed by atoms with E-state index in [1.165, 1.54) is 0 Å². The molecule has 0 aromatic carbocycles. The van der Waals surface area contributed by atoms with Crippen molar-refractivity contribution in [1.82, 2.24) is 0 Å². The van der Waals surface area contributed by atoms with Gasteiger partial charge in [-0.15, -0.1) is 0 Å². The summed E-state index contributed by atoms with van der Waals surface area (Å²) in [5.74, 6) is 0. The van der Waals surface area contributed by atoms with Gasteiger partial charge in [0.2, 0.25) is 0 Å². The average Bonchev–Trinajstić information content (AvgIpc) is 3.06. The number of hydrogen-bond acceptors (Lipinski definition) is 3. The van der Waals surface area contributed by atoms with Gasteiger partial charge >= 0.3 is 0 Å². The lowest BCUT2D eigenvalue weighted by atomic mass is 9.97. The smallest absolute Gasteiger partial charge is 0.0998 e. The fraction of sp³-hybridized carbons (Fsp3) is 0. The summed E-state index contributed by atoms with van der Waals surface area (Å²) in [6, 6.07) is 18.9. The monoisotopic (exact) mass is 253 g/mol. The van der Waals surface area contributed by atoms with Crippen LogP contribution in [0.4, 0.5) is 0 Å². The van der Waals surface area contributed by atoms with Crippen LogP contribution in [0, 0.1) is 34.0 Å². The van der Waals surface area contributed by atoms with Gasteiger partial charge in [-0.3, -0.25) is 0 Å². The Bertz CT molecular complexity index is 823. The van der Waals surface area contributed by atoms with Crippen molar-refractivity contribution >= 4 is 0 Å². The summed E-state index contributed by atoms with van der Waals surface area (Å²) >= 11 is 0. The Labute approximate surface area is 116 Å². The topological polar surface area (TPSA) is 71.4 Å². The van der Waals surface area contributed by atoms with Crippen molar-refractivity contribution in [3.8, 4) is 40.5 Å². The Morgan fingerprint density at radius 3 is 1.55 bits per heavy atom. The summed E-state index contributed by atoms with van der Waals surface area (Å²) in [6.45, 7) is 0. The van der Waals surface area contributed by atoms with Gasteiger partial charge < -0.3 is 0 Å². The zero-order chi connectivity index (χ0) is 14.1. The van der Waals surface area contributed by atoms with Crippen LogP contribution >= 0.6 is 0 Å². The van der Waals surface area contributed by atoms with E-state index in [0.717, 1.165) is 22.3 Å². The summed E-state index contributed by atoms with van der Waals surface area (Å²) in [6.07, 6.45) is 0. The van der Waals surface area contributed by atoms with Crippen molar-refractivity contribution in [3.05, 3.63) is 59.2 Å². The van der Waals surface area contributed by atoms with Crippen molar-refractivity contribution in [2.75, 3.05) is 0 Å². The first-order valence-electron chi connectivity index (χ1n) is 5.97. The van der Waals surface area contributed by atoms with Gasteiger partial charge in [0.05, 0.1) is 34.9 Å². The molecule has 0 spiro atoms. The number of nitriles is 3. The van der Waals surface area contributed by atoms with E-state index in [1.54, 1.807) is 24.3 Å². The molecule has 0 N–H and O–H groups in total. The van der Waals surface area contributed by atoms with Crippen molar-refractivity contribution in [1.29, 1.82) is 15.8 Å². The Balaban J connectivity index is 2.49. The minimum Gasteiger partial charge on any atom is -0.192 e. The van der Waals surface area contributed by atoms with Gasteiger partial charge in [0, 0.05) is 11.1 Å². The summed E-state index contributed by atoms with van der Waals surface area (Å²) in [4.78, 5) is 0. The Hall–Kier alpha value is -3.35. The lowest BCUT2D eigenvalue weighted by Gasteiger charge is -2.04. The zero-order valence-electron chi connectivity index (χ0n) is 10.4. The molecule has 3 heteroatoms. The summed E-state index contributed by atoms with van der Waals surface area (Å²) in [5, 5.41) is 27.7. The second-order valence-corrected chi connectivity index (χ2v) is 4.46. The molecule has 0 bridgehead atoms. The molecule has 0 aromatic rings. The quantitative estimate of drug-likeness (QED) is 0.615. The van der Waals surface area contributed by atoms with Crippen LogP contribution in [0.3, 0.4) is 0 Å². The molecule has 20 heavy (non-hydrogen) atoms. The number of hydrogen-bond donors (Lipinski definition) is 0. The molecule has 3 aliphatic rings. The lowest BCUT2D eigenvalue weighted by molar-refractivity contribution is 1.47. The van der Waals surface area contributed by atoms with Crippen LogP contribution in [0.2, 0.25) is 0 Å². The Kier molecular flexibility index (Phi) is 2.58. The van der Waals surface area contributed by atoms with Crippen LogP contribution in [0.5, 0.6) is 0 Å². The van der Waals surface area contributed by atoms with E-state index in [9.17, 15) is 10.5 Å². The zero-order valence-corrected chi connectivity index (χ0v) is 10.4. The van der Waals surface area contributed by atoms with Gasteiger partial charge in [0.25, 0.3) is 0 Å². The van der Waals surface area contributed by atoms with E-state index in [1.807, 2.05) is 18.2 Å². The molecule has 0 saturated carbocycles. The van der Waals surface area contributed by atoms with E-state index in [-0.39, 0.29) is 0 Å². The molecule has 0 aromatic heterocycles. The van der Waals surface area contributed by atoms with E-state index in [2.05, 4.69) is 18.2 Å². The van der Waals surface area contributed by atoms with Crippen molar-refractivity contribution in [3.63, 3.8) is 0 Å². The molecule has 0 unspecified atom stereocenters. The van der Waals surface area contributed by atoms with Crippen molar-refractivity contribution in [2.45, 2.75) is 0 Å². The van der Waals surface area contributed by atoms with Crippen LogP contribution < -0.4 is 0 Å². The van der Waals surface area contributed by atoms with Gasteiger partial charge in [-0.25, -0.2) is 0 Å². The standard InChI is InChI=1S/C17H7N3/c18-8-11-4-12-6-14(9-19)16-2-1-3-17(16)15(10-20)7-13(12)5-11/h1-7H. The predicted molar refractivity (Wildman–Crippen MR) is 73.8 cm³/mol. The van der Waals surface area contributed by atoms with Gasteiger partial charge in [0.15, 0.2) is 0 Å². The van der Waals surface area contributed by atoms with Gasteiger partial charge in [0.1, 0.15) is 0 Å². The lowest BCUT2D eigenvalue weighted by Crippen LogP contribution is -1.86. The second-order valence-electron chi connectivity index (χ2n) is 4.46. The van der Waals surface area contributed by atoms with E-state index in [0.29, 0.717) is 16.7 Å². The SMILES string of the molecule is N#Cc1cc2cc(C#N)c3cccc-3c(C#N)cc-2c1. The average molecular weight is 253 g/mol. The molecular weight excluding hydrogens is 246 g/mol. The maximum atomic E-state index is 9.34. The van der Waals surface area contributed by atoms with E-state index in [4.69, 9.17) is 5.26 Å². The largest absolute Gasteiger partial charge is 0.192 e. The Morgan fingerprint density at radius 2 is 1.15 bits per heavy atom. The third-order valence-electron chi connectivity index (χ3n) is 3.32. The maximum Gasteiger partial charge on any atom is 0.0998 e. The molecule has 0 heterocycles. The number of fused-ring (bicyclic) bond motifs is 2. The molecular formula is C17H7N3. The third kappa shape index (κ3) is 1.65. The third-order valence-corrected chi connectivity index (χ3v) is 3.32. The first-order valence-corrected chi connectivity index (χ1v) is 5.97. The fourth-order valence-corrected chi connectivity index (χ4v) is 2.40. The number of rotatable bonds is 0. The molecule has 0 atom stereocenters. The summed E-state index contributed by atoms with van der Waals surface area (Å²) in [5.41, 5.74) is 4.62.